The van der Waals surface area contributed by atoms with Crippen molar-refractivity contribution < 1.29 is 0 Å². The normalized spacial score (nSPS) is 12.6. The first-order chi connectivity index (χ1) is 9.70. The number of halogens is 1. The largest absolute Gasteiger partial charge is 0.310 e. The molecular weight excluding hydrogens is 270 g/mol. The van der Waals surface area contributed by atoms with Gasteiger partial charge in [-0.15, -0.1) is 0 Å². The monoisotopic (exact) mass is 291 g/mol. The van der Waals surface area contributed by atoms with E-state index in [1.165, 1.54) is 11.3 Å². The van der Waals surface area contributed by atoms with Crippen molar-refractivity contribution in [3.8, 4) is 0 Å². The molecule has 1 atom stereocenters. The van der Waals surface area contributed by atoms with E-state index < -0.39 is 0 Å². The molecule has 1 aromatic carbocycles. The molecule has 20 heavy (non-hydrogen) atoms. The van der Waals surface area contributed by atoms with Crippen LogP contribution in [-0.2, 0) is 13.5 Å². The zero-order chi connectivity index (χ0) is 14.4. The zero-order valence-corrected chi connectivity index (χ0v) is 12.9. The van der Waals surface area contributed by atoms with Gasteiger partial charge in [0.15, 0.2) is 0 Å². The van der Waals surface area contributed by atoms with Crippen LogP contribution < -0.4 is 5.32 Å². The minimum Gasteiger partial charge on any atom is -0.310 e. The van der Waals surface area contributed by atoms with Crippen molar-refractivity contribution in [3.05, 3.63) is 52.8 Å². The number of hydrogen-bond acceptors (Lipinski definition) is 2. The van der Waals surface area contributed by atoms with E-state index in [2.05, 4.69) is 35.5 Å². The van der Waals surface area contributed by atoms with Gasteiger partial charge in [-0.2, -0.15) is 5.10 Å². The Labute approximate surface area is 126 Å². The highest BCUT2D eigenvalue weighted by molar-refractivity contribution is 6.30. The Morgan fingerprint density at radius 3 is 2.60 bits per heavy atom. The standard InChI is InChI=1S/C16H22ClN3/c1-3-4-16(13-5-7-14(17)8-6-13)18-11-9-15-10-12-19-20(15)2/h5-8,10,12,16,18H,3-4,9,11H2,1-2H3. The molecule has 0 aliphatic carbocycles. The molecule has 2 aromatic rings. The van der Waals surface area contributed by atoms with Crippen LogP contribution in [0.1, 0.15) is 37.1 Å². The van der Waals surface area contributed by atoms with E-state index in [4.69, 9.17) is 11.6 Å². The molecule has 2 rings (SSSR count). The van der Waals surface area contributed by atoms with Crippen molar-refractivity contribution in [3.63, 3.8) is 0 Å². The molecule has 0 spiro atoms. The highest BCUT2D eigenvalue weighted by Gasteiger charge is 2.10. The molecular formula is C16H22ClN3. The minimum atomic E-state index is 0.394. The zero-order valence-electron chi connectivity index (χ0n) is 12.1. The van der Waals surface area contributed by atoms with Crippen LogP contribution >= 0.6 is 11.6 Å². The fourth-order valence-electron chi connectivity index (χ4n) is 2.39. The fraction of sp³-hybridized carbons (Fsp3) is 0.438. The molecule has 0 radical (unpaired) electrons. The smallest absolute Gasteiger partial charge is 0.0492 e. The van der Waals surface area contributed by atoms with Crippen LogP contribution in [0.5, 0.6) is 0 Å². The summed E-state index contributed by atoms with van der Waals surface area (Å²) in [5, 5.41) is 8.62. The van der Waals surface area contributed by atoms with Crippen molar-refractivity contribution in [2.45, 2.75) is 32.2 Å². The lowest BCUT2D eigenvalue weighted by atomic mass is 10.0. The average molecular weight is 292 g/mol. The van der Waals surface area contributed by atoms with E-state index in [0.717, 1.165) is 30.8 Å². The molecule has 0 amide bonds. The van der Waals surface area contributed by atoms with E-state index in [1.807, 2.05) is 30.1 Å². The number of nitrogens with zero attached hydrogens (tertiary/aromatic N) is 2. The van der Waals surface area contributed by atoms with Crippen molar-refractivity contribution in [2.75, 3.05) is 6.54 Å². The van der Waals surface area contributed by atoms with Gasteiger partial charge >= 0.3 is 0 Å². The molecule has 0 saturated carbocycles. The Morgan fingerprint density at radius 2 is 2.00 bits per heavy atom. The summed E-state index contributed by atoms with van der Waals surface area (Å²) in [4.78, 5) is 0. The van der Waals surface area contributed by atoms with E-state index in [-0.39, 0.29) is 0 Å². The van der Waals surface area contributed by atoms with E-state index >= 15 is 0 Å². The molecule has 1 N–H and O–H groups in total. The van der Waals surface area contributed by atoms with Crippen LogP contribution in [0.2, 0.25) is 5.02 Å². The second kappa shape index (κ2) is 7.46. The lowest BCUT2D eigenvalue weighted by Crippen LogP contribution is -2.24. The second-order valence-corrected chi connectivity index (χ2v) is 5.48. The van der Waals surface area contributed by atoms with E-state index in [9.17, 15) is 0 Å². The first kappa shape index (κ1) is 15.1. The SMILES string of the molecule is CCCC(NCCc1ccnn1C)c1ccc(Cl)cc1. The quantitative estimate of drug-likeness (QED) is 0.842. The van der Waals surface area contributed by atoms with Gasteiger partial charge in [-0.1, -0.05) is 37.1 Å². The van der Waals surface area contributed by atoms with Crippen LogP contribution in [0.15, 0.2) is 36.5 Å². The molecule has 0 fully saturated rings. The van der Waals surface area contributed by atoms with Gasteiger partial charge in [-0.3, -0.25) is 4.68 Å². The van der Waals surface area contributed by atoms with Crippen molar-refractivity contribution >= 4 is 11.6 Å². The molecule has 4 heteroatoms. The topological polar surface area (TPSA) is 29.9 Å². The van der Waals surface area contributed by atoms with Gasteiger partial charge in [0.1, 0.15) is 0 Å². The van der Waals surface area contributed by atoms with Gasteiger partial charge in [0.05, 0.1) is 0 Å². The van der Waals surface area contributed by atoms with Gasteiger partial charge in [-0.05, 0) is 30.2 Å². The molecule has 0 saturated heterocycles. The highest BCUT2D eigenvalue weighted by Crippen LogP contribution is 2.20. The first-order valence-electron chi connectivity index (χ1n) is 7.16. The molecule has 0 aliphatic heterocycles. The van der Waals surface area contributed by atoms with Crippen molar-refractivity contribution in [2.24, 2.45) is 7.05 Å². The summed E-state index contributed by atoms with van der Waals surface area (Å²) >= 11 is 5.95. The first-order valence-corrected chi connectivity index (χ1v) is 7.54. The van der Waals surface area contributed by atoms with E-state index in [1.54, 1.807) is 0 Å². The Balaban J connectivity index is 1.92. The summed E-state index contributed by atoms with van der Waals surface area (Å²) in [6, 6.07) is 10.6. The van der Waals surface area contributed by atoms with Crippen LogP contribution in [0.4, 0.5) is 0 Å². The Hall–Kier alpha value is -1.32. The molecule has 1 unspecified atom stereocenters. The van der Waals surface area contributed by atoms with Gasteiger partial charge < -0.3 is 5.32 Å². The van der Waals surface area contributed by atoms with Gasteiger partial charge in [0.25, 0.3) is 0 Å². The lowest BCUT2D eigenvalue weighted by Gasteiger charge is -2.18. The summed E-state index contributed by atoms with van der Waals surface area (Å²) in [5.41, 5.74) is 2.56. The molecule has 0 bridgehead atoms. The summed E-state index contributed by atoms with van der Waals surface area (Å²) < 4.78 is 1.93. The van der Waals surface area contributed by atoms with Crippen LogP contribution in [0.25, 0.3) is 0 Å². The maximum Gasteiger partial charge on any atom is 0.0492 e. The number of benzene rings is 1. The van der Waals surface area contributed by atoms with E-state index in [0.29, 0.717) is 6.04 Å². The lowest BCUT2D eigenvalue weighted by molar-refractivity contribution is 0.492. The summed E-state index contributed by atoms with van der Waals surface area (Å²) in [7, 11) is 1.98. The number of aryl methyl sites for hydroxylation is 1. The summed E-state index contributed by atoms with van der Waals surface area (Å²) in [5.74, 6) is 0. The molecule has 1 heterocycles. The Kier molecular flexibility index (Phi) is 5.62. The van der Waals surface area contributed by atoms with Crippen molar-refractivity contribution in [1.29, 1.82) is 0 Å². The van der Waals surface area contributed by atoms with Crippen LogP contribution in [0, 0.1) is 0 Å². The summed E-state index contributed by atoms with van der Waals surface area (Å²) in [6.45, 7) is 3.17. The van der Waals surface area contributed by atoms with Crippen molar-refractivity contribution in [1.82, 2.24) is 15.1 Å². The minimum absolute atomic E-state index is 0.394. The maximum absolute atomic E-state index is 5.95. The Morgan fingerprint density at radius 1 is 1.25 bits per heavy atom. The third kappa shape index (κ3) is 4.09. The Bertz CT molecular complexity index is 519. The maximum atomic E-state index is 5.95. The molecule has 108 valence electrons. The fourth-order valence-corrected chi connectivity index (χ4v) is 2.52. The summed E-state index contributed by atoms with van der Waals surface area (Å²) in [6.07, 6.45) is 5.13. The molecule has 3 nitrogen and oxygen atoms in total. The number of aromatic nitrogens is 2. The average Bonchev–Trinajstić information content (AvgIpc) is 2.84. The number of hydrogen-bond donors (Lipinski definition) is 1. The highest BCUT2D eigenvalue weighted by atomic mass is 35.5. The predicted molar refractivity (Wildman–Crippen MR) is 84.0 cm³/mol. The van der Waals surface area contributed by atoms with Crippen LogP contribution in [-0.4, -0.2) is 16.3 Å². The molecule has 1 aromatic heterocycles. The number of rotatable bonds is 7. The van der Waals surface area contributed by atoms with Gasteiger partial charge in [0.2, 0.25) is 0 Å². The molecule has 0 aliphatic rings. The van der Waals surface area contributed by atoms with Gasteiger partial charge in [0, 0.05) is 43.0 Å². The van der Waals surface area contributed by atoms with Gasteiger partial charge in [-0.25, -0.2) is 0 Å². The number of nitrogens with one attached hydrogen (secondary N) is 1. The predicted octanol–water partition coefficient (Wildman–Crippen LogP) is 3.75. The third-order valence-corrected chi connectivity index (χ3v) is 3.80. The third-order valence-electron chi connectivity index (χ3n) is 3.54. The second-order valence-electron chi connectivity index (χ2n) is 5.04. The van der Waals surface area contributed by atoms with Crippen LogP contribution in [0.3, 0.4) is 0 Å².